The Morgan fingerprint density at radius 1 is 1.13 bits per heavy atom. The Hall–Kier alpha value is -3.54. The van der Waals surface area contributed by atoms with Crippen LogP contribution in [0.3, 0.4) is 0 Å². The van der Waals surface area contributed by atoms with E-state index in [1.807, 2.05) is 6.07 Å². The van der Waals surface area contributed by atoms with E-state index in [0.29, 0.717) is 31.6 Å². The van der Waals surface area contributed by atoms with Gasteiger partial charge in [-0.05, 0) is 55.3 Å². The zero-order valence-corrected chi connectivity index (χ0v) is 15.8. The molecule has 9 heteroatoms. The number of rotatable bonds is 5. The lowest BCUT2D eigenvalue weighted by atomic mass is 9.95. The zero-order valence-electron chi connectivity index (χ0n) is 15.8. The summed E-state index contributed by atoms with van der Waals surface area (Å²) < 4.78 is 41.9. The van der Waals surface area contributed by atoms with Gasteiger partial charge in [0.25, 0.3) is 5.91 Å². The number of amides is 2. The number of benzene rings is 2. The Morgan fingerprint density at radius 3 is 2.40 bits per heavy atom. The molecule has 1 saturated heterocycles. The smallest absolute Gasteiger partial charge is 0.387 e. The maximum absolute atomic E-state index is 13.3. The second kappa shape index (κ2) is 9.31. The second-order valence-corrected chi connectivity index (χ2v) is 6.76. The fraction of sp³-hybridized carbons (Fsp3) is 0.286. The maximum Gasteiger partial charge on any atom is 0.387 e. The Kier molecular flexibility index (Phi) is 6.57. The number of likely N-dealkylation sites (tertiary alicyclic amines) is 1. The minimum absolute atomic E-state index is 0.00708. The van der Waals surface area contributed by atoms with Gasteiger partial charge in [0.2, 0.25) is 5.91 Å². The van der Waals surface area contributed by atoms with E-state index in [4.69, 9.17) is 5.26 Å². The number of anilines is 1. The summed E-state index contributed by atoms with van der Waals surface area (Å²) in [7, 11) is 0. The average Bonchev–Trinajstić information content (AvgIpc) is 2.74. The number of hydrogen-bond donors (Lipinski definition) is 1. The summed E-state index contributed by atoms with van der Waals surface area (Å²) in [5, 5.41) is 11.8. The van der Waals surface area contributed by atoms with E-state index in [0.717, 1.165) is 12.1 Å². The molecule has 0 atom stereocenters. The highest BCUT2D eigenvalue weighted by Gasteiger charge is 2.29. The van der Waals surface area contributed by atoms with Gasteiger partial charge in [0, 0.05) is 24.7 Å². The third kappa shape index (κ3) is 5.08. The molecule has 0 aliphatic carbocycles. The van der Waals surface area contributed by atoms with Crippen molar-refractivity contribution in [1.29, 1.82) is 5.26 Å². The summed E-state index contributed by atoms with van der Waals surface area (Å²) in [6.45, 7) is -2.28. The normalized spacial score (nSPS) is 14.3. The van der Waals surface area contributed by atoms with Gasteiger partial charge in [0.1, 0.15) is 17.6 Å². The maximum atomic E-state index is 13.3. The van der Waals surface area contributed by atoms with Gasteiger partial charge in [-0.15, -0.1) is 0 Å². The molecule has 1 heterocycles. The number of nitrogens with zero attached hydrogens (tertiary/aromatic N) is 2. The van der Waals surface area contributed by atoms with Crippen molar-refractivity contribution in [3.05, 3.63) is 59.4 Å². The average molecular weight is 417 g/mol. The van der Waals surface area contributed by atoms with E-state index in [9.17, 15) is 22.8 Å². The molecule has 1 aliphatic rings. The highest BCUT2D eigenvalue weighted by molar-refractivity contribution is 5.97. The first kappa shape index (κ1) is 21.2. The molecule has 156 valence electrons. The van der Waals surface area contributed by atoms with Gasteiger partial charge >= 0.3 is 6.61 Å². The quantitative estimate of drug-likeness (QED) is 0.803. The van der Waals surface area contributed by atoms with Crippen LogP contribution in [0.15, 0.2) is 42.5 Å². The van der Waals surface area contributed by atoms with Crippen molar-refractivity contribution in [1.82, 2.24) is 4.90 Å². The number of alkyl halides is 2. The SMILES string of the molecule is N#Cc1cc(F)ccc1C(=O)N1CCC(C(=O)Nc2ccc(OC(F)F)cc2)CC1. The van der Waals surface area contributed by atoms with Crippen molar-refractivity contribution in [2.45, 2.75) is 19.5 Å². The van der Waals surface area contributed by atoms with E-state index >= 15 is 0 Å². The molecule has 6 nitrogen and oxygen atoms in total. The zero-order chi connectivity index (χ0) is 21.7. The molecule has 1 N–H and O–H groups in total. The van der Waals surface area contributed by atoms with Crippen LogP contribution in [0, 0.1) is 23.1 Å². The standard InChI is InChI=1S/C21H18F3N3O3/c22-15-1-6-18(14(11-15)12-25)20(29)27-9-7-13(8-10-27)19(28)26-16-2-4-17(5-3-16)30-21(23)24/h1-6,11,13,21H,7-10H2,(H,26,28). The second-order valence-electron chi connectivity index (χ2n) is 6.76. The number of carbonyl (C=O) groups excluding carboxylic acids is 2. The summed E-state index contributed by atoms with van der Waals surface area (Å²) in [5.41, 5.74) is 0.553. The van der Waals surface area contributed by atoms with E-state index < -0.39 is 12.4 Å². The number of piperidine rings is 1. The molecule has 0 spiro atoms. The van der Waals surface area contributed by atoms with Gasteiger partial charge in [-0.2, -0.15) is 14.0 Å². The summed E-state index contributed by atoms with van der Waals surface area (Å²) >= 11 is 0. The topological polar surface area (TPSA) is 82.4 Å². The molecular weight excluding hydrogens is 399 g/mol. The van der Waals surface area contributed by atoms with Crippen LogP contribution in [0.5, 0.6) is 5.75 Å². The molecule has 0 bridgehead atoms. The lowest BCUT2D eigenvalue weighted by molar-refractivity contribution is -0.121. The van der Waals surface area contributed by atoms with Crippen LogP contribution in [0.25, 0.3) is 0 Å². The number of nitriles is 1. The molecule has 2 amide bonds. The van der Waals surface area contributed by atoms with Crippen molar-refractivity contribution < 1.29 is 27.5 Å². The number of ether oxygens (including phenoxy) is 1. The molecule has 3 rings (SSSR count). The molecule has 2 aromatic rings. The van der Waals surface area contributed by atoms with Gasteiger partial charge in [-0.25, -0.2) is 4.39 Å². The summed E-state index contributed by atoms with van der Waals surface area (Å²) in [5.74, 6) is -1.53. The van der Waals surface area contributed by atoms with Crippen molar-refractivity contribution >= 4 is 17.5 Å². The molecule has 0 saturated carbocycles. The number of hydrogen-bond acceptors (Lipinski definition) is 4. The van der Waals surface area contributed by atoms with Crippen LogP contribution in [-0.4, -0.2) is 36.4 Å². The molecule has 1 aliphatic heterocycles. The molecule has 0 unspecified atom stereocenters. The van der Waals surface area contributed by atoms with E-state index in [1.54, 1.807) is 0 Å². The number of nitrogens with one attached hydrogen (secondary N) is 1. The van der Waals surface area contributed by atoms with Crippen LogP contribution in [-0.2, 0) is 4.79 Å². The summed E-state index contributed by atoms with van der Waals surface area (Å²) in [6.07, 6.45) is 0.848. The minimum Gasteiger partial charge on any atom is -0.435 e. The van der Waals surface area contributed by atoms with E-state index in [1.165, 1.54) is 35.2 Å². The summed E-state index contributed by atoms with van der Waals surface area (Å²) in [4.78, 5) is 26.7. The predicted octanol–water partition coefficient (Wildman–Crippen LogP) is 3.79. The van der Waals surface area contributed by atoms with Gasteiger partial charge < -0.3 is 15.0 Å². The van der Waals surface area contributed by atoms with Gasteiger partial charge in [-0.1, -0.05) is 0 Å². The van der Waals surface area contributed by atoms with Crippen molar-refractivity contribution in [2.24, 2.45) is 5.92 Å². The fourth-order valence-corrected chi connectivity index (χ4v) is 3.27. The van der Waals surface area contributed by atoms with Crippen LogP contribution >= 0.6 is 0 Å². The molecule has 0 radical (unpaired) electrons. The Morgan fingerprint density at radius 2 is 1.80 bits per heavy atom. The third-order valence-electron chi connectivity index (χ3n) is 4.83. The highest BCUT2D eigenvalue weighted by Crippen LogP contribution is 2.23. The fourth-order valence-electron chi connectivity index (χ4n) is 3.27. The van der Waals surface area contributed by atoms with Crippen LogP contribution in [0.2, 0.25) is 0 Å². The first-order chi connectivity index (χ1) is 14.4. The lowest BCUT2D eigenvalue weighted by Crippen LogP contribution is -2.41. The monoisotopic (exact) mass is 417 g/mol. The van der Waals surface area contributed by atoms with Crippen molar-refractivity contribution in [3.63, 3.8) is 0 Å². The molecule has 30 heavy (non-hydrogen) atoms. The Balaban J connectivity index is 1.55. The number of carbonyl (C=O) groups is 2. The first-order valence-corrected chi connectivity index (χ1v) is 9.22. The van der Waals surface area contributed by atoms with Crippen LogP contribution in [0.4, 0.5) is 18.9 Å². The lowest BCUT2D eigenvalue weighted by Gasteiger charge is -2.31. The first-order valence-electron chi connectivity index (χ1n) is 9.22. The van der Waals surface area contributed by atoms with Crippen LogP contribution < -0.4 is 10.1 Å². The number of halogens is 3. The molecule has 2 aromatic carbocycles. The Labute approximate surface area is 170 Å². The van der Waals surface area contributed by atoms with Gasteiger partial charge in [0.05, 0.1) is 11.1 Å². The highest BCUT2D eigenvalue weighted by atomic mass is 19.3. The van der Waals surface area contributed by atoms with Gasteiger partial charge in [0.15, 0.2) is 0 Å². The molecular formula is C21H18F3N3O3. The van der Waals surface area contributed by atoms with E-state index in [-0.39, 0.29) is 34.6 Å². The third-order valence-corrected chi connectivity index (χ3v) is 4.83. The predicted molar refractivity (Wildman–Crippen MR) is 101 cm³/mol. The molecule has 1 fully saturated rings. The summed E-state index contributed by atoms with van der Waals surface area (Å²) in [6, 6.07) is 10.9. The molecule has 0 aromatic heterocycles. The largest absolute Gasteiger partial charge is 0.435 e. The van der Waals surface area contributed by atoms with Gasteiger partial charge in [-0.3, -0.25) is 9.59 Å². The Bertz CT molecular complexity index is 966. The van der Waals surface area contributed by atoms with Crippen molar-refractivity contribution in [3.8, 4) is 11.8 Å². The van der Waals surface area contributed by atoms with E-state index in [2.05, 4.69) is 10.1 Å². The van der Waals surface area contributed by atoms with Crippen molar-refractivity contribution in [2.75, 3.05) is 18.4 Å². The van der Waals surface area contributed by atoms with Crippen LogP contribution in [0.1, 0.15) is 28.8 Å². The minimum atomic E-state index is -2.92.